The quantitative estimate of drug-likeness (QED) is 0.868. The topological polar surface area (TPSA) is 58.4 Å². The van der Waals surface area contributed by atoms with Crippen molar-refractivity contribution in [1.29, 1.82) is 0 Å². The standard InChI is InChI=1S/C13H18F3N3O/c1-3-19(8-12(20)18-2)10-5-4-9(7-17)11(6-10)13(14,15)16/h4-6H,3,7-8,17H2,1-2H3,(H,18,20). The zero-order valence-electron chi connectivity index (χ0n) is 11.4. The van der Waals surface area contributed by atoms with E-state index in [1.165, 1.54) is 13.1 Å². The van der Waals surface area contributed by atoms with Crippen LogP contribution in [0, 0.1) is 0 Å². The van der Waals surface area contributed by atoms with E-state index in [2.05, 4.69) is 5.32 Å². The van der Waals surface area contributed by atoms with Gasteiger partial charge in [-0.15, -0.1) is 0 Å². The molecule has 0 aliphatic heterocycles. The van der Waals surface area contributed by atoms with E-state index in [9.17, 15) is 18.0 Å². The molecule has 0 saturated carbocycles. The lowest BCUT2D eigenvalue weighted by molar-refractivity contribution is -0.138. The predicted molar refractivity (Wildman–Crippen MR) is 71.3 cm³/mol. The average Bonchev–Trinajstić information content (AvgIpc) is 2.42. The smallest absolute Gasteiger partial charge is 0.362 e. The van der Waals surface area contributed by atoms with Gasteiger partial charge < -0.3 is 16.0 Å². The molecule has 0 unspecified atom stereocenters. The van der Waals surface area contributed by atoms with Crippen molar-refractivity contribution in [3.05, 3.63) is 29.3 Å². The minimum atomic E-state index is -4.46. The van der Waals surface area contributed by atoms with E-state index in [1.807, 2.05) is 0 Å². The zero-order chi connectivity index (χ0) is 15.3. The van der Waals surface area contributed by atoms with E-state index in [-0.39, 0.29) is 24.6 Å². The second-order valence-electron chi connectivity index (χ2n) is 4.23. The maximum atomic E-state index is 13.0. The number of likely N-dealkylation sites (N-methyl/N-ethyl adjacent to an activating group) is 2. The molecule has 1 rings (SSSR count). The van der Waals surface area contributed by atoms with Crippen molar-refractivity contribution < 1.29 is 18.0 Å². The third kappa shape index (κ3) is 3.86. The Labute approximate surface area is 115 Å². The Bertz CT molecular complexity index is 474. The molecule has 0 heterocycles. The van der Waals surface area contributed by atoms with E-state index in [1.54, 1.807) is 17.9 Å². The van der Waals surface area contributed by atoms with Gasteiger partial charge in [-0.05, 0) is 24.6 Å². The minimum Gasteiger partial charge on any atom is -0.362 e. The summed E-state index contributed by atoms with van der Waals surface area (Å²) < 4.78 is 38.9. The van der Waals surface area contributed by atoms with Crippen molar-refractivity contribution in [2.45, 2.75) is 19.6 Å². The highest BCUT2D eigenvalue weighted by atomic mass is 19.4. The van der Waals surface area contributed by atoms with Crippen LogP contribution in [0.1, 0.15) is 18.1 Å². The molecule has 4 nitrogen and oxygen atoms in total. The number of anilines is 1. The van der Waals surface area contributed by atoms with Gasteiger partial charge in [-0.2, -0.15) is 13.2 Å². The molecule has 20 heavy (non-hydrogen) atoms. The van der Waals surface area contributed by atoms with Crippen LogP contribution in [0.4, 0.5) is 18.9 Å². The van der Waals surface area contributed by atoms with Crippen molar-refractivity contribution in [3.8, 4) is 0 Å². The normalized spacial score (nSPS) is 11.3. The summed E-state index contributed by atoms with van der Waals surface area (Å²) in [5.41, 5.74) is 4.96. The van der Waals surface area contributed by atoms with E-state index < -0.39 is 11.7 Å². The molecule has 112 valence electrons. The summed E-state index contributed by atoms with van der Waals surface area (Å²) in [5.74, 6) is -0.261. The molecule has 0 aliphatic carbocycles. The highest BCUT2D eigenvalue weighted by molar-refractivity contribution is 5.81. The van der Waals surface area contributed by atoms with Crippen molar-refractivity contribution in [2.24, 2.45) is 5.73 Å². The predicted octanol–water partition coefficient (Wildman–Crippen LogP) is 1.74. The molecule has 0 radical (unpaired) electrons. The SMILES string of the molecule is CCN(CC(=O)NC)c1ccc(CN)c(C(F)(F)F)c1. The first kappa shape index (κ1) is 16.3. The highest BCUT2D eigenvalue weighted by Crippen LogP contribution is 2.34. The van der Waals surface area contributed by atoms with Gasteiger partial charge >= 0.3 is 6.18 Å². The number of alkyl halides is 3. The number of carbonyl (C=O) groups is 1. The molecular formula is C13H18F3N3O. The fraction of sp³-hybridized carbons (Fsp3) is 0.462. The molecule has 0 aliphatic rings. The van der Waals surface area contributed by atoms with Gasteiger partial charge in [0.15, 0.2) is 0 Å². The Morgan fingerprint density at radius 2 is 2.05 bits per heavy atom. The van der Waals surface area contributed by atoms with Gasteiger partial charge in [0.05, 0.1) is 12.1 Å². The number of nitrogens with two attached hydrogens (primary N) is 1. The summed E-state index contributed by atoms with van der Waals surface area (Å²) >= 11 is 0. The Morgan fingerprint density at radius 1 is 1.40 bits per heavy atom. The van der Waals surface area contributed by atoms with Crippen LogP contribution in [0.5, 0.6) is 0 Å². The molecule has 3 N–H and O–H groups in total. The third-order valence-corrected chi connectivity index (χ3v) is 2.98. The summed E-state index contributed by atoms with van der Waals surface area (Å²) in [7, 11) is 1.48. The monoisotopic (exact) mass is 289 g/mol. The van der Waals surface area contributed by atoms with Crippen LogP contribution in [0.2, 0.25) is 0 Å². The number of rotatable bonds is 5. The number of hydrogen-bond acceptors (Lipinski definition) is 3. The number of nitrogens with zero attached hydrogens (tertiary/aromatic N) is 1. The molecule has 1 aromatic rings. The Balaban J connectivity index is 3.15. The average molecular weight is 289 g/mol. The van der Waals surface area contributed by atoms with Gasteiger partial charge in [0.1, 0.15) is 0 Å². The summed E-state index contributed by atoms with van der Waals surface area (Å²) in [6.07, 6.45) is -4.46. The highest BCUT2D eigenvalue weighted by Gasteiger charge is 2.33. The first-order chi connectivity index (χ1) is 9.33. The second kappa shape index (κ2) is 6.60. The van der Waals surface area contributed by atoms with Crippen LogP contribution in [-0.4, -0.2) is 26.0 Å². The van der Waals surface area contributed by atoms with Crippen molar-refractivity contribution in [1.82, 2.24) is 5.32 Å². The fourth-order valence-electron chi connectivity index (χ4n) is 1.84. The van der Waals surface area contributed by atoms with Gasteiger partial charge in [0.25, 0.3) is 0 Å². The Morgan fingerprint density at radius 3 is 2.50 bits per heavy atom. The lowest BCUT2D eigenvalue weighted by Crippen LogP contribution is -2.35. The molecule has 0 aromatic heterocycles. The molecule has 1 aromatic carbocycles. The van der Waals surface area contributed by atoms with Crippen LogP contribution in [0.3, 0.4) is 0 Å². The number of benzene rings is 1. The van der Waals surface area contributed by atoms with E-state index in [0.717, 1.165) is 6.07 Å². The van der Waals surface area contributed by atoms with E-state index in [4.69, 9.17) is 5.73 Å². The first-order valence-corrected chi connectivity index (χ1v) is 6.19. The number of nitrogens with one attached hydrogen (secondary N) is 1. The Kier molecular flexibility index (Phi) is 5.38. The van der Waals surface area contributed by atoms with E-state index >= 15 is 0 Å². The van der Waals surface area contributed by atoms with E-state index in [0.29, 0.717) is 12.2 Å². The first-order valence-electron chi connectivity index (χ1n) is 6.19. The summed E-state index contributed by atoms with van der Waals surface area (Å²) in [4.78, 5) is 12.9. The Hall–Kier alpha value is -1.76. The minimum absolute atomic E-state index is 0.00622. The maximum absolute atomic E-state index is 13.0. The summed E-state index contributed by atoms with van der Waals surface area (Å²) in [6, 6.07) is 3.93. The molecule has 7 heteroatoms. The summed E-state index contributed by atoms with van der Waals surface area (Å²) in [5, 5.41) is 2.44. The van der Waals surface area contributed by atoms with Crippen LogP contribution in [0.15, 0.2) is 18.2 Å². The molecule has 1 amide bonds. The largest absolute Gasteiger partial charge is 0.416 e. The van der Waals surface area contributed by atoms with Crippen molar-refractivity contribution >= 4 is 11.6 Å². The van der Waals surface area contributed by atoms with Crippen LogP contribution in [0.25, 0.3) is 0 Å². The van der Waals surface area contributed by atoms with Gasteiger partial charge in [0.2, 0.25) is 5.91 Å². The number of halogens is 3. The van der Waals surface area contributed by atoms with Gasteiger partial charge in [-0.1, -0.05) is 6.07 Å². The van der Waals surface area contributed by atoms with Crippen LogP contribution in [-0.2, 0) is 17.5 Å². The molecule has 0 spiro atoms. The van der Waals surface area contributed by atoms with Crippen LogP contribution < -0.4 is 16.0 Å². The second-order valence-corrected chi connectivity index (χ2v) is 4.23. The molecule has 0 atom stereocenters. The van der Waals surface area contributed by atoms with Crippen LogP contribution >= 0.6 is 0 Å². The number of amides is 1. The number of carbonyl (C=O) groups excluding carboxylic acids is 1. The van der Waals surface area contributed by atoms with Crippen molar-refractivity contribution in [3.63, 3.8) is 0 Å². The van der Waals surface area contributed by atoms with Gasteiger partial charge in [0, 0.05) is 25.8 Å². The molecule has 0 bridgehead atoms. The number of hydrogen-bond donors (Lipinski definition) is 2. The van der Waals surface area contributed by atoms with Gasteiger partial charge in [-0.3, -0.25) is 4.79 Å². The fourth-order valence-corrected chi connectivity index (χ4v) is 1.84. The lowest BCUT2D eigenvalue weighted by Gasteiger charge is -2.24. The molecule has 0 saturated heterocycles. The zero-order valence-corrected chi connectivity index (χ0v) is 11.4. The lowest BCUT2D eigenvalue weighted by atomic mass is 10.1. The molecular weight excluding hydrogens is 271 g/mol. The van der Waals surface area contributed by atoms with Crippen molar-refractivity contribution in [2.75, 3.05) is 25.0 Å². The summed E-state index contributed by atoms with van der Waals surface area (Å²) in [6.45, 7) is 2.02. The maximum Gasteiger partial charge on any atom is 0.416 e. The molecule has 0 fully saturated rings. The third-order valence-electron chi connectivity index (χ3n) is 2.98. The van der Waals surface area contributed by atoms with Gasteiger partial charge in [-0.25, -0.2) is 0 Å².